The van der Waals surface area contributed by atoms with Gasteiger partial charge < -0.3 is 14.8 Å². The molecule has 0 saturated carbocycles. The highest BCUT2D eigenvalue weighted by Crippen LogP contribution is 2.37. The number of benzene rings is 2. The Balaban J connectivity index is 2.13. The van der Waals surface area contributed by atoms with Gasteiger partial charge >= 0.3 is 0 Å². The van der Waals surface area contributed by atoms with Gasteiger partial charge in [-0.05, 0) is 54.5 Å². The molecule has 2 N–H and O–H groups in total. The van der Waals surface area contributed by atoms with Crippen molar-refractivity contribution in [3.63, 3.8) is 0 Å². The largest absolute Gasteiger partial charge is 0.543 e. The number of phenolic OH excluding ortho intramolecular Hbond substituents is 1. The second-order valence-electron chi connectivity index (χ2n) is 7.39. The lowest BCUT2D eigenvalue weighted by molar-refractivity contribution is 0.102. The van der Waals surface area contributed by atoms with E-state index in [1.807, 2.05) is 24.3 Å². The van der Waals surface area contributed by atoms with Crippen LogP contribution in [0.5, 0.6) is 11.5 Å². The standard InChI is InChI=1S/C19H25NO3Si/c1-19(2,3)24(4,5)23-17-8-6-7-15(13-17)20-18(22)14-9-11-16(21)12-10-14/h6-13,21H,1-5H3,(H,20,22). The molecule has 0 saturated heterocycles. The van der Waals surface area contributed by atoms with Gasteiger partial charge in [0.15, 0.2) is 0 Å². The molecule has 0 heterocycles. The average Bonchev–Trinajstić information content (AvgIpc) is 2.46. The molecule has 1 amide bonds. The Kier molecular flexibility index (Phi) is 5.04. The van der Waals surface area contributed by atoms with Crippen LogP contribution in [0.1, 0.15) is 31.1 Å². The third-order valence-electron chi connectivity index (χ3n) is 4.40. The molecule has 4 nitrogen and oxygen atoms in total. The Bertz CT molecular complexity index is 718. The molecule has 2 aromatic carbocycles. The van der Waals surface area contributed by atoms with Crippen molar-refractivity contribution in [3.05, 3.63) is 54.1 Å². The summed E-state index contributed by atoms with van der Waals surface area (Å²) in [4.78, 5) is 12.3. The van der Waals surface area contributed by atoms with Gasteiger partial charge in [0.05, 0.1) is 0 Å². The third-order valence-corrected chi connectivity index (χ3v) is 8.76. The summed E-state index contributed by atoms with van der Waals surface area (Å²) in [5.41, 5.74) is 1.17. The van der Waals surface area contributed by atoms with E-state index in [1.165, 1.54) is 12.1 Å². The summed E-state index contributed by atoms with van der Waals surface area (Å²) in [7, 11) is -1.92. The Labute approximate surface area is 144 Å². The van der Waals surface area contributed by atoms with Crippen LogP contribution in [0.25, 0.3) is 0 Å². The molecule has 24 heavy (non-hydrogen) atoms. The van der Waals surface area contributed by atoms with Crippen LogP contribution in [-0.4, -0.2) is 19.3 Å². The SMILES string of the molecule is CC(C)(C)[Si](C)(C)Oc1cccc(NC(=O)c2ccc(O)cc2)c1. The first-order valence-electron chi connectivity index (χ1n) is 7.98. The number of nitrogens with one attached hydrogen (secondary N) is 1. The molecule has 2 rings (SSSR count). The minimum atomic E-state index is -1.92. The quantitative estimate of drug-likeness (QED) is 0.766. The van der Waals surface area contributed by atoms with Crippen molar-refractivity contribution in [3.8, 4) is 11.5 Å². The van der Waals surface area contributed by atoms with Gasteiger partial charge in [-0.1, -0.05) is 26.8 Å². The maximum atomic E-state index is 12.3. The van der Waals surface area contributed by atoms with Crippen LogP contribution >= 0.6 is 0 Å². The van der Waals surface area contributed by atoms with E-state index in [0.29, 0.717) is 11.3 Å². The van der Waals surface area contributed by atoms with Gasteiger partial charge in [-0.2, -0.15) is 0 Å². The predicted molar refractivity (Wildman–Crippen MR) is 100 cm³/mol. The van der Waals surface area contributed by atoms with Crippen LogP contribution in [0.3, 0.4) is 0 Å². The first-order chi connectivity index (χ1) is 11.1. The first-order valence-corrected chi connectivity index (χ1v) is 10.9. The summed E-state index contributed by atoms with van der Waals surface area (Å²) >= 11 is 0. The summed E-state index contributed by atoms with van der Waals surface area (Å²) in [5.74, 6) is 0.681. The summed E-state index contributed by atoms with van der Waals surface area (Å²) in [6, 6.07) is 13.6. The summed E-state index contributed by atoms with van der Waals surface area (Å²) in [5, 5.41) is 12.3. The zero-order chi connectivity index (χ0) is 18.0. The first kappa shape index (κ1) is 18.1. The highest BCUT2D eigenvalue weighted by atomic mass is 28.4. The van der Waals surface area contributed by atoms with E-state index in [4.69, 9.17) is 4.43 Å². The van der Waals surface area contributed by atoms with E-state index in [0.717, 1.165) is 5.75 Å². The van der Waals surface area contributed by atoms with Gasteiger partial charge in [0.25, 0.3) is 5.91 Å². The van der Waals surface area contributed by atoms with Crippen molar-refractivity contribution in [2.75, 3.05) is 5.32 Å². The minimum Gasteiger partial charge on any atom is -0.543 e. The van der Waals surface area contributed by atoms with E-state index < -0.39 is 8.32 Å². The summed E-state index contributed by atoms with van der Waals surface area (Å²) in [6.45, 7) is 10.9. The number of hydrogen-bond acceptors (Lipinski definition) is 3. The number of carbonyl (C=O) groups is 1. The Hall–Kier alpha value is -2.27. The molecule has 0 spiro atoms. The van der Waals surface area contributed by atoms with E-state index >= 15 is 0 Å². The van der Waals surface area contributed by atoms with Crippen molar-refractivity contribution in [1.82, 2.24) is 0 Å². The third kappa shape index (κ3) is 4.38. The molecule has 0 atom stereocenters. The van der Waals surface area contributed by atoms with Crippen molar-refractivity contribution in [1.29, 1.82) is 0 Å². The van der Waals surface area contributed by atoms with Gasteiger partial charge in [0, 0.05) is 17.3 Å². The molecular formula is C19H25NO3Si. The molecule has 0 bridgehead atoms. The Morgan fingerprint density at radius 3 is 2.29 bits per heavy atom. The van der Waals surface area contributed by atoms with Crippen molar-refractivity contribution >= 4 is 19.9 Å². The zero-order valence-corrected chi connectivity index (χ0v) is 15.9. The lowest BCUT2D eigenvalue weighted by Crippen LogP contribution is -2.43. The van der Waals surface area contributed by atoms with Crippen LogP contribution in [0, 0.1) is 0 Å². The maximum absolute atomic E-state index is 12.3. The Morgan fingerprint density at radius 2 is 1.71 bits per heavy atom. The molecular weight excluding hydrogens is 318 g/mol. The minimum absolute atomic E-state index is 0.109. The van der Waals surface area contributed by atoms with Crippen molar-refractivity contribution in [2.24, 2.45) is 0 Å². The summed E-state index contributed by atoms with van der Waals surface area (Å²) in [6.07, 6.45) is 0. The van der Waals surface area contributed by atoms with Crippen LogP contribution < -0.4 is 9.74 Å². The smallest absolute Gasteiger partial charge is 0.255 e. The molecule has 0 fully saturated rings. The molecule has 0 aliphatic rings. The number of hydrogen-bond donors (Lipinski definition) is 2. The van der Waals surface area contributed by atoms with Gasteiger partial charge in [0.1, 0.15) is 11.5 Å². The van der Waals surface area contributed by atoms with Gasteiger partial charge in [-0.3, -0.25) is 4.79 Å². The predicted octanol–water partition coefficient (Wildman–Crippen LogP) is 5.03. The Morgan fingerprint density at radius 1 is 1.08 bits per heavy atom. The van der Waals surface area contributed by atoms with Crippen LogP contribution in [0.15, 0.2) is 48.5 Å². The number of phenols is 1. The molecule has 5 heteroatoms. The van der Waals surface area contributed by atoms with Crippen LogP contribution in [-0.2, 0) is 0 Å². The van der Waals surface area contributed by atoms with E-state index in [1.54, 1.807) is 12.1 Å². The van der Waals surface area contributed by atoms with Gasteiger partial charge in [0.2, 0.25) is 8.32 Å². The van der Waals surface area contributed by atoms with E-state index in [-0.39, 0.29) is 16.7 Å². The number of amides is 1. The maximum Gasteiger partial charge on any atom is 0.255 e. The van der Waals surface area contributed by atoms with E-state index in [9.17, 15) is 9.90 Å². The molecule has 0 aliphatic heterocycles. The van der Waals surface area contributed by atoms with Crippen molar-refractivity contribution in [2.45, 2.75) is 38.9 Å². The summed E-state index contributed by atoms with van der Waals surface area (Å²) < 4.78 is 6.26. The highest BCUT2D eigenvalue weighted by Gasteiger charge is 2.38. The van der Waals surface area contributed by atoms with Crippen molar-refractivity contribution < 1.29 is 14.3 Å². The number of anilines is 1. The fraction of sp³-hybridized carbons (Fsp3) is 0.316. The average molecular weight is 343 g/mol. The molecule has 2 aromatic rings. The molecule has 0 aliphatic carbocycles. The van der Waals surface area contributed by atoms with Crippen LogP contribution in [0.2, 0.25) is 18.1 Å². The number of aromatic hydroxyl groups is 1. The fourth-order valence-corrected chi connectivity index (χ4v) is 2.92. The molecule has 128 valence electrons. The monoisotopic (exact) mass is 343 g/mol. The van der Waals surface area contributed by atoms with Gasteiger partial charge in [-0.25, -0.2) is 0 Å². The lowest BCUT2D eigenvalue weighted by Gasteiger charge is -2.36. The zero-order valence-electron chi connectivity index (χ0n) is 14.9. The second kappa shape index (κ2) is 6.69. The molecule has 0 radical (unpaired) electrons. The highest BCUT2D eigenvalue weighted by molar-refractivity contribution is 6.74. The number of carbonyl (C=O) groups excluding carboxylic acids is 1. The topological polar surface area (TPSA) is 58.6 Å². The van der Waals surface area contributed by atoms with Crippen LogP contribution in [0.4, 0.5) is 5.69 Å². The van der Waals surface area contributed by atoms with Gasteiger partial charge in [-0.15, -0.1) is 0 Å². The normalized spacial score (nSPS) is 11.9. The van der Waals surface area contributed by atoms with E-state index in [2.05, 4.69) is 39.2 Å². The molecule has 0 aromatic heterocycles. The molecule has 0 unspecified atom stereocenters. The fourth-order valence-electron chi connectivity index (χ4n) is 1.90. The number of rotatable bonds is 4. The second-order valence-corrected chi connectivity index (χ2v) is 12.1. The lowest BCUT2D eigenvalue weighted by atomic mass is 10.2.